The quantitative estimate of drug-likeness (QED) is 0.805. The van der Waals surface area contributed by atoms with Crippen LogP contribution in [0.4, 0.5) is 11.4 Å². The summed E-state index contributed by atoms with van der Waals surface area (Å²) in [4.78, 5) is 12.9. The largest absolute Gasteiger partial charge is 0.398 e. The van der Waals surface area contributed by atoms with Gasteiger partial charge in [0.2, 0.25) is 5.91 Å². The molecule has 3 nitrogen and oxygen atoms in total. The molecule has 1 saturated carbocycles. The van der Waals surface area contributed by atoms with E-state index in [-0.39, 0.29) is 11.3 Å². The van der Waals surface area contributed by atoms with E-state index < -0.39 is 0 Å². The highest BCUT2D eigenvalue weighted by Gasteiger charge is 2.41. The second-order valence-electron chi connectivity index (χ2n) is 7.01. The van der Waals surface area contributed by atoms with Crippen molar-refractivity contribution in [2.45, 2.75) is 59.8 Å². The fourth-order valence-corrected chi connectivity index (χ4v) is 3.66. The molecule has 1 amide bonds. The van der Waals surface area contributed by atoms with Gasteiger partial charge in [0.25, 0.3) is 0 Å². The van der Waals surface area contributed by atoms with Gasteiger partial charge in [-0.3, -0.25) is 4.79 Å². The average molecular weight is 288 g/mol. The van der Waals surface area contributed by atoms with Gasteiger partial charge in [-0.2, -0.15) is 0 Å². The van der Waals surface area contributed by atoms with Crippen LogP contribution in [0, 0.1) is 25.2 Å². The third-order valence-corrected chi connectivity index (χ3v) is 4.80. The molecular weight excluding hydrogens is 260 g/mol. The first-order chi connectivity index (χ1) is 9.85. The van der Waals surface area contributed by atoms with Gasteiger partial charge in [0.1, 0.15) is 0 Å². The molecule has 3 heteroatoms. The van der Waals surface area contributed by atoms with Crippen molar-refractivity contribution in [3.8, 4) is 0 Å². The summed E-state index contributed by atoms with van der Waals surface area (Å²) >= 11 is 0. The molecule has 1 aliphatic carbocycles. The van der Waals surface area contributed by atoms with Gasteiger partial charge >= 0.3 is 0 Å². The Bertz CT molecular complexity index is 528. The molecule has 0 unspecified atom stereocenters. The molecule has 1 aliphatic rings. The van der Waals surface area contributed by atoms with Gasteiger partial charge in [-0.1, -0.05) is 32.8 Å². The topological polar surface area (TPSA) is 55.1 Å². The zero-order valence-corrected chi connectivity index (χ0v) is 13.8. The van der Waals surface area contributed by atoms with Crippen LogP contribution < -0.4 is 11.1 Å². The second kappa shape index (κ2) is 6.08. The number of nitrogen functional groups attached to an aromatic ring is 1. The number of amides is 1. The Kier molecular flexibility index (Phi) is 4.60. The molecule has 3 N–H and O–H groups in total. The molecule has 0 spiro atoms. The molecule has 0 aromatic heterocycles. The Morgan fingerprint density at radius 1 is 1.29 bits per heavy atom. The summed E-state index contributed by atoms with van der Waals surface area (Å²) in [6, 6.07) is 3.88. The van der Waals surface area contributed by atoms with Gasteiger partial charge < -0.3 is 11.1 Å². The maximum Gasteiger partial charge on any atom is 0.230 e. The Balaban J connectivity index is 2.26. The van der Waals surface area contributed by atoms with Gasteiger partial charge in [0, 0.05) is 16.8 Å². The van der Waals surface area contributed by atoms with Gasteiger partial charge in [-0.05, 0) is 56.2 Å². The molecule has 2 rings (SSSR count). The van der Waals surface area contributed by atoms with Crippen LogP contribution in [0.15, 0.2) is 12.1 Å². The maximum atomic E-state index is 12.9. The Labute approximate surface area is 128 Å². The molecule has 0 saturated heterocycles. The number of nitrogens with two attached hydrogens (primary N) is 1. The van der Waals surface area contributed by atoms with E-state index in [0.717, 1.165) is 54.6 Å². The molecule has 0 heterocycles. The van der Waals surface area contributed by atoms with Crippen molar-refractivity contribution in [3.63, 3.8) is 0 Å². The van der Waals surface area contributed by atoms with Crippen molar-refractivity contribution >= 4 is 17.3 Å². The van der Waals surface area contributed by atoms with E-state index in [0.29, 0.717) is 5.92 Å². The van der Waals surface area contributed by atoms with Crippen LogP contribution in [0.5, 0.6) is 0 Å². The summed E-state index contributed by atoms with van der Waals surface area (Å²) in [6.45, 7) is 8.39. The lowest BCUT2D eigenvalue weighted by molar-refractivity contribution is -0.126. The lowest BCUT2D eigenvalue weighted by Gasteiger charge is -2.30. The third kappa shape index (κ3) is 3.22. The molecule has 0 bridgehead atoms. The van der Waals surface area contributed by atoms with E-state index in [1.54, 1.807) is 0 Å². The molecule has 116 valence electrons. The van der Waals surface area contributed by atoms with E-state index in [2.05, 4.69) is 19.2 Å². The zero-order chi connectivity index (χ0) is 15.6. The summed E-state index contributed by atoms with van der Waals surface area (Å²) in [5.41, 5.74) is 9.48. The van der Waals surface area contributed by atoms with Crippen molar-refractivity contribution in [2.75, 3.05) is 11.1 Å². The van der Waals surface area contributed by atoms with Crippen molar-refractivity contribution in [2.24, 2.45) is 11.3 Å². The minimum atomic E-state index is -0.183. The first kappa shape index (κ1) is 15.9. The fourth-order valence-electron chi connectivity index (χ4n) is 3.66. The number of aryl methyl sites for hydroxylation is 1. The van der Waals surface area contributed by atoms with Crippen LogP contribution in [0.25, 0.3) is 0 Å². The highest BCUT2D eigenvalue weighted by molar-refractivity contribution is 5.97. The summed E-state index contributed by atoms with van der Waals surface area (Å²) in [5.74, 6) is 0.724. The molecule has 1 aromatic rings. The van der Waals surface area contributed by atoms with E-state index in [4.69, 9.17) is 5.73 Å². The minimum Gasteiger partial charge on any atom is -0.398 e. The Morgan fingerprint density at radius 3 is 2.48 bits per heavy atom. The molecular formula is C18H28N2O. The summed E-state index contributed by atoms with van der Waals surface area (Å²) in [6.07, 6.45) is 5.32. The number of anilines is 2. The van der Waals surface area contributed by atoms with E-state index in [1.165, 1.54) is 0 Å². The lowest BCUT2D eigenvalue weighted by atomic mass is 9.77. The lowest BCUT2D eigenvalue weighted by Crippen LogP contribution is -2.35. The second-order valence-corrected chi connectivity index (χ2v) is 7.01. The van der Waals surface area contributed by atoms with Crippen LogP contribution in [0.1, 0.15) is 57.1 Å². The first-order valence-electron chi connectivity index (χ1n) is 8.03. The van der Waals surface area contributed by atoms with Crippen LogP contribution in [0.3, 0.4) is 0 Å². The van der Waals surface area contributed by atoms with Gasteiger partial charge in [0.15, 0.2) is 0 Å². The molecule has 0 aliphatic heterocycles. The van der Waals surface area contributed by atoms with Gasteiger partial charge in [-0.15, -0.1) is 0 Å². The van der Waals surface area contributed by atoms with Crippen LogP contribution >= 0.6 is 0 Å². The number of nitrogens with one attached hydrogen (secondary N) is 1. The van der Waals surface area contributed by atoms with Crippen molar-refractivity contribution in [1.82, 2.24) is 0 Å². The molecule has 21 heavy (non-hydrogen) atoms. The monoisotopic (exact) mass is 288 g/mol. The third-order valence-electron chi connectivity index (χ3n) is 4.80. The van der Waals surface area contributed by atoms with Gasteiger partial charge in [0.05, 0.1) is 0 Å². The number of benzene rings is 1. The van der Waals surface area contributed by atoms with E-state index in [9.17, 15) is 4.79 Å². The SMILES string of the molecule is Cc1ccc(N)c(C)c1NC(=O)C1(CC(C)C)CCCC1. The van der Waals surface area contributed by atoms with Gasteiger partial charge in [-0.25, -0.2) is 0 Å². The predicted molar refractivity (Wildman–Crippen MR) is 89.3 cm³/mol. The van der Waals surface area contributed by atoms with E-state index in [1.807, 2.05) is 26.0 Å². The number of hydrogen-bond donors (Lipinski definition) is 2. The number of rotatable bonds is 4. The first-order valence-corrected chi connectivity index (χ1v) is 8.03. The fraction of sp³-hybridized carbons (Fsp3) is 0.611. The van der Waals surface area contributed by atoms with Crippen molar-refractivity contribution < 1.29 is 4.79 Å². The van der Waals surface area contributed by atoms with Crippen molar-refractivity contribution in [1.29, 1.82) is 0 Å². The van der Waals surface area contributed by atoms with Crippen LogP contribution in [-0.4, -0.2) is 5.91 Å². The zero-order valence-electron chi connectivity index (χ0n) is 13.8. The average Bonchev–Trinajstić information content (AvgIpc) is 2.88. The van der Waals surface area contributed by atoms with Crippen LogP contribution in [0.2, 0.25) is 0 Å². The van der Waals surface area contributed by atoms with Crippen LogP contribution in [-0.2, 0) is 4.79 Å². The molecule has 1 aromatic carbocycles. The highest BCUT2D eigenvalue weighted by Crippen LogP contribution is 2.44. The molecule has 0 radical (unpaired) electrons. The standard InChI is InChI=1S/C18H28N2O/c1-12(2)11-18(9-5-6-10-18)17(21)20-16-13(3)7-8-15(19)14(16)4/h7-8,12H,5-6,9-11,19H2,1-4H3,(H,20,21). The summed E-state index contributed by atoms with van der Waals surface area (Å²) in [7, 11) is 0. The summed E-state index contributed by atoms with van der Waals surface area (Å²) < 4.78 is 0. The predicted octanol–water partition coefficient (Wildman–Crippen LogP) is 4.43. The number of hydrogen-bond acceptors (Lipinski definition) is 2. The van der Waals surface area contributed by atoms with E-state index >= 15 is 0 Å². The van der Waals surface area contributed by atoms with Crippen molar-refractivity contribution in [3.05, 3.63) is 23.3 Å². The maximum absolute atomic E-state index is 12.9. The smallest absolute Gasteiger partial charge is 0.230 e. The molecule has 0 atom stereocenters. The normalized spacial score (nSPS) is 17.2. The number of carbonyl (C=O) groups excluding carboxylic acids is 1. The minimum absolute atomic E-state index is 0.183. The Morgan fingerprint density at radius 2 is 1.90 bits per heavy atom. The summed E-state index contributed by atoms with van der Waals surface area (Å²) in [5, 5.41) is 3.19. The highest BCUT2D eigenvalue weighted by atomic mass is 16.2. The Hall–Kier alpha value is -1.51. The number of carbonyl (C=O) groups is 1. The molecule has 1 fully saturated rings.